The second kappa shape index (κ2) is 5.13. The Bertz CT molecular complexity index is 398. The smallest absolute Gasteiger partial charge is 0.120 e. The number of aldehydes is 1. The van der Waals surface area contributed by atoms with Crippen LogP contribution < -0.4 is 0 Å². The van der Waals surface area contributed by atoms with E-state index >= 15 is 0 Å². The summed E-state index contributed by atoms with van der Waals surface area (Å²) in [4.78, 5) is 10.6. The number of aryl methyl sites for hydroxylation is 1. The van der Waals surface area contributed by atoms with Crippen LogP contribution in [0.3, 0.4) is 0 Å². The van der Waals surface area contributed by atoms with E-state index in [1.807, 2.05) is 0 Å². The lowest BCUT2D eigenvalue weighted by molar-refractivity contribution is -0.108. The monoisotopic (exact) mass is 280 g/mol. The minimum absolute atomic E-state index is 0.334. The number of rotatable bonds is 3. The molecular weight excluding hydrogens is 264 g/mol. The molecule has 86 valence electrons. The summed E-state index contributed by atoms with van der Waals surface area (Å²) in [6.45, 7) is 2.12. The Labute approximate surface area is 105 Å². The van der Waals surface area contributed by atoms with Gasteiger partial charge < -0.3 is 4.79 Å². The third kappa shape index (κ3) is 2.37. The van der Waals surface area contributed by atoms with Crippen molar-refractivity contribution in [1.29, 1.82) is 0 Å². The van der Waals surface area contributed by atoms with E-state index in [0.29, 0.717) is 12.3 Å². The Morgan fingerprint density at radius 1 is 1.38 bits per heavy atom. The summed E-state index contributed by atoms with van der Waals surface area (Å²) in [5, 5.41) is 0. The van der Waals surface area contributed by atoms with Crippen LogP contribution in [-0.2, 0) is 17.6 Å². The van der Waals surface area contributed by atoms with Crippen LogP contribution in [0, 0.1) is 0 Å². The summed E-state index contributed by atoms with van der Waals surface area (Å²) in [7, 11) is 0. The zero-order valence-electron chi connectivity index (χ0n) is 9.63. The van der Waals surface area contributed by atoms with Gasteiger partial charge in [-0.1, -0.05) is 28.9 Å². The molecule has 1 aliphatic carbocycles. The van der Waals surface area contributed by atoms with Crippen molar-refractivity contribution >= 4 is 22.2 Å². The van der Waals surface area contributed by atoms with Crippen LogP contribution in [0.2, 0.25) is 0 Å². The van der Waals surface area contributed by atoms with Crippen molar-refractivity contribution < 1.29 is 4.79 Å². The van der Waals surface area contributed by atoms with Gasteiger partial charge in [0.1, 0.15) is 6.29 Å². The maximum absolute atomic E-state index is 10.6. The average molecular weight is 281 g/mol. The molecule has 1 aromatic rings. The van der Waals surface area contributed by atoms with Crippen molar-refractivity contribution in [3.05, 3.63) is 33.3 Å². The van der Waals surface area contributed by atoms with Crippen LogP contribution in [0.5, 0.6) is 0 Å². The van der Waals surface area contributed by atoms with Crippen LogP contribution in [0.15, 0.2) is 16.6 Å². The van der Waals surface area contributed by atoms with Crippen molar-refractivity contribution in [1.82, 2.24) is 0 Å². The normalized spacial score (nSPS) is 16.6. The molecule has 0 saturated carbocycles. The minimum atomic E-state index is 0.334. The van der Waals surface area contributed by atoms with Crippen molar-refractivity contribution in [2.45, 2.75) is 44.9 Å². The molecule has 0 heterocycles. The van der Waals surface area contributed by atoms with Crippen molar-refractivity contribution in [3.63, 3.8) is 0 Å². The lowest BCUT2D eigenvalue weighted by atomic mass is 9.87. The summed E-state index contributed by atoms with van der Waals surface area (Å²) in [6.07, 6.45) is 6.61. The van der Waals surface area contributed by atoms with Gasteiger partial charge in [0, 0.05) is 10.9 Å². The predicted molar refractivity (Wildman–Crippen MR) is 69.9 cm³/mol. The SMILES string of the molecule is CC(CC=O)c1cc(Br)c2c(c1)CCCC2. The number of benzene rings is 1. The second-order valence-corrected chi connectivity index (χ2v) is 5.51. The van der Waals surface area contributed by atoms with E-state index in [4.69, 9.17) is 0 Å². The van der Waals surface area contributed by atoms with Crippen LogP contribution in [0.1, 0.15) is 48.8 Å². The second-order valence-electron chi connectivity index (χ2n) is 4.65. The molecule has 1 aromatic carbocycles. The Morgan fingerprint density at radius 3 is 2.88 bits per heavy atom. The zero-order valence-corrected chi connectivity index (χ0v) is 11.2. The molecule has 0 saturated heterocycles. The number of hydrogen-bond acceptors (Lipinski definition) is 1. The number of fused-ring (bicyclic) bond motifs is 1. The van der Waals surface area contributed by atoms with E-state index in [9.17, 15) is 4.79 Å². The minimum Gasteiger partial charge on any atom is -0.303 e. The van der Waals surface area contributed by atoms with E-state index in [-0.39, 0.29) is 0 Å². The molecule has 0 aromatic heterocycles. The van der Waals surface area contributed by atoms with Crippen molar-refractivity contribution in [2.75, 3.05) is 0 Å². The van der Waals surface area contributed by atoms with Gasteiger partial charge in [0.2, 0.25) is 0 Å². The summed E-state index contributed by atoms with van der Waals surface area (Å²) in [5.41, 5.74) is 4.25. The number of carbonyl (C=O) groups is 1. The summed E-state index contributed by atoms with van der Waals surface area (Å²) < 4.78 is 1.23. The summed E-state index contributed by atoms with van der Waals surface area (Å²) >= 11 is 3.66. The third-order valence-electron chi connectivity index (χ3n) is 3.45. The molecule has 0 bridgehead atoms. The topological polar surface area (TPSA) is 17.1 Å². The molecule has 0 radical (unpaired) electrons. The Morgan fingerprint density at radius 2 is 2.12 bits per heavy atom. The van der Waals surface area contributed by atoms with Crippen molar-refractivity contribution in [2.24, 2.45) is 0 Å². The molecule has 1 aliphatic rings. The first-order chi connectivity index (χ1) is 7.72. The number of carbonyl (C=O) groups excluding carboxylic acids is 1. The van der Waals surface area contributed by atoms with E-state index in [1.54, 1.807) is 0 Å². The standard InChI is InChI=1S/C14H17BrO/c1-10(6-7-16)12-8-11-4-2-3-5-13(11)14(15)9-12/h7-10H,2-6H2,1H3. The van der Waals surface area contributed by atoms with Gasteiger partial charge in [-0.15, -0.1) is 0 Å². The van der Waals surface area contributed by atoms with Gasteiger partial charge in [-0.05, 0) is 54.4 Å². The van der Waals surface area contributed by atoms with Crippen LogP contribution >= 0.6 is 15.9 Å². The molecule has 2 rings (SSSR count). The van der Waals surface area contributed by atoms with E-state index < -0.39 is 0 Å². The van der Waals surface area contributed by atoms with Gasteiger partial charge in [-0.25, -0.2) is 0 Å². The highest BCUT2D eigenvalue weighted by Crippen LogP contribution is 2.32. The third-order valence-corrected chi connectivity index (χ3v) is 4.16. The van der Waals surface area contributed by atoms with E-state index in [2.05, 4.69) is 35.0 Å². The fourth-order valence-electron chi connectivity index (χ4n) is 2.40. The quantitative estimate of drug-likeness (QED) is 0.765. The number of hydrogen-bond donors (Lipinski definition) is 0. The lowest BCUT2D eigenvalue weighted by Crippen LogP contribution is -2.06. The van der Waals surface area contributed by atoms with Gasteiger partial charge in [-0.3, -0.25) is 0 Å². The van der Waals surface area contributed by atoms with Crippen LogP contribution in [0.4, 0.5) is 0 Å². The molecule has 0 amide bonds. The molecule has 0 aliphatic heterocycles. The van der Waals surface area contributed by atoms with E-state index in [0.717, 1.165) is 6.29 Å². The fraction of sp³-hybridized carbons (Fsp3) is 0.500. The first-order valence-electron chi connectivity index (χ1n) is 5.97. The number of halogens is 1. The highest BCUT2D eigenvalue weighted by molar-refractivity contribution is 9.10. The molecule has 0 spiro atoms. The molecule has 16 heavy (non-hydrogen) atoms. The molecular formula is C14H17BrO. The van der Waals surface area contributed by atoms with E-state index in [1.165, 1.54) is 46.8 Å². The Balaban J connectivity index is 2.34. The fourth-order valence-corrected chi connectivity index (χ4v) is 3.12. The Kier molecular flexibility index (Phi) is 3.80. The molecule has 0 N–H and O–H groups in total. The molecule has 2 heteroatoms. The van der Waals surface area contributed by atoms with Crippen molar-refractivity contribution in [3.8, 4) is 0 Å². The first kappa shape index (κ1) is 11.8. The summed E-state index contributed by atoms with van der Waals surface area (Å²) in [6, 6.07) is 4.49. The van der Waals surface area contributed by atoms with Crippen LogP contribution in [-0.4, -0.2) is 6.29 Å². The first-order valence-corrected chi connectivity index (χ1v) is 6.76. The van der Waals surface area contributed by atoms with Gasteiger partial charge in [-0.2, -0.15) is 0 Å². The largest absolute Gasteiger partial charge is 0.303 e. The van der Waals surface area contributed by atoms with Gasteiger partial charge in [0.05, 0.1) is 0 Å². The summed E-state index contributed by atoms with van der Waals surface area (Å²) in [5.74, 6) is 0.334. The van der Waals surface area contributed by atoms with Gasteiger partial charge in [0.15, 0.2) is 0 Å². The maximum Gasteiger partial charge on any atom is 0.120 e. The highest BCUT2D eigenvalue weighted by atomic mass is 79.9. The van der Waals surface area contributed by atoms with Gasteiger partial charge in [0.25, 0.3) is 0 Å². The van der Waals surface area contributed by atoms with Crippen LogP contribution in [0.25, 0.3) is 0 Å². The predicted octanol–water partition coefficient (Wildman–Crippen LogP) is 4.02. The zero-order chi connectivity index (χ0) is 11.5. The average Bonchev–Trinajstić information content (AvgIpc) is 2.29. The molecule has 0 fully saturated rings. The highest BCUT2D eigenvalue weighted by Gasteiger charge is 2.15. The molecule has 1 unspecified atom stereocenters. The maximum atomic E-state index is 10.6. The Hall–Kier alpha value is -0.630. The van der Waals surface area contributed by atoms with Gasteiger partial charge >= 0.3 is 0 Å². The molecule has 1 nitrogen and oxygen atoms in total. The molecule has 1 atom stereocenters. The lowest BCUT2D eigenvalue weighted by Gasteiger charge is -2.20.